The summed E-state index contributed by atoms with van der Waals surface area (Å²) in [5.41, 5.74) is 0. The van der Waals surface area contributed by atoms with Gasteiger partial charge in [-0.15, -0.1) is 0 Å². The average Bonchev–Trinajstić information content (AvgIpc) is 2.05. The Morgan fingerprint density at radius 3 is 2.73 bits per heavy atom. The van der Waals surface area contributed by atoms with Crippen LogP contribution in [0.25, 0.3) is 0 Å². The van der Waals surface area contributed by atoms with Crippen molar-refractivity contribution in [3.63, 3.8) is 0 Å². The molecule has 64 valence electrons. The Kier molecular flexibility index (Phi) is 7.69. The minimum absolute atomic E-state index is 0.875. The first-order valence-electron chi connectivity index (χ1n) is 3.77. The SMILES string of the molecule is C=C/C(=C\CCCCBr)OC. The van der Waals surface area contributed by atoms with Crippen LogP contribution < -0.4 is 0 Å². The average molecular weight is 219 g/mol. The molecular formula is C9H15BrO. The first kappa shape index (κ1) is 10.8. The molecule has 1 nitrogen and oxygen atoms in total. The summed E-state index contributed by atoms with van der Waals surface area (Å²) < 4.78 is 5.01. The largest absolute Gasteiger partial charge is 0.497 e. The van der Waals surface area contributed by atoms with Crippen molar-refractivity contribution >= 4 is 15.9 Å². The predicted octanol–water partition coefficient (Wildman–Crippen LogP) is 3.27. The molecule has 11 heavy (non-hydrogen) atoms. The second-order valence-corrected chi connectivity index (χ2v) is 2.99. The summed E-state index contributed by atoms with van der Waals surface area (Å²) in [6.45, 7) is 3.63. The minimum Gasteiger partial charge on any atom is -0.497 e. The molecule has 0 aliphatic carbocycles. The van der Waals surface area contributed by atoms with E-state index < -0.39 is 0 Å². The number of ether oxygens (including phenoxy) is 1. The first-order chi connectivity index (χ1) is 5.35. The molecule has 0 aromatic rings. The topological polar surface area (TPSA) is 9.23 Å². The highest BCUT2D eigenvalue weighted by atomic mass is 79.9. The number of unbranched alkanes of at least 4 members (excludes halogenated alkanes) is 2. The van der Waals surface area contributed by atoms with Gasteiger partial charge in [-0.3, -0.25) is 0 Å². The zero-order chi connectivity index (χ0) is 8.53. The van der Waals surface area contributed by atoms with Gasteiger partial charge in [0, 0.05) is 5.33 Å². The van der Waals surface area contributed by atoms with Crippen LogP contribution in [-0.4, -0.2) is 12.4 Å². The van der Waals surface area contributed by atoms with Gasteiger partial charge >= 0.3 is 0 Å². The molecule has 0 N–H and O–H groups in total. The Morgan fingerprint density at radius 2 is 2.27 bits per heavy atom. The lowest BCUT2D eigenvalue weighted by Gasteiger charge is -1.98. The third-order valence-corrected chi connectivity index (χ3v) is 1.93. The summed E-state index contributed by atoms with van der Waals surface area (Å²) in [5, 5.41) is 1.08. The molecule has 0 aliphatic rings. The number of rotatable bonds is 6. The van der Waals surface area contributed by atoms with E-state index >= 15 is 0 Å². The highest BCUT2D eigenvalue weighted by Crippen LogP contribution is 2.04. The van der Waals surface area contributed by atoms with Gasteiger partial charge in [0.05, 0.1) is 7.11 Å². The molecule has 0 atom stereocenters. The van der Waals surface area contributed by atoms with Crippen LogP contribution in [-0.2, 0) is 4.74 Å². The van der Waals surface area contributed by atoms with Gasteiger partial charge in [-0.1, -0.05) is 22.5 Å². The summed E-state index contributed by atoms with van der Waals surface area (Å²) in [4.78, 5) is 0. The molecule has 0 bridgehead atoms. The molecule has 0 unspecified atom stereocenters. The maximum atomic E-state index is 5.01. The van der Waals surface area contributed by atoms with Crippen molar-refractivity contribution in [3.05, 3.63) is 24.5 Å². The fourth-order valence-electron chi connectivity index (χ4n) is 0.733. The molecule has 0 heterocycles. The van der Waals surface area contributed by atoms with E-state index in [9.17, 15) is 0 Å². The Morgan fingerprint density at radius 1 is 1.55 bits per heavy atom. The van der Waals surface area contributed by atoms with Crippen molar-refractivity contribution in [2.75, 3.05) is 12.4 Å². The molecule has 0 aliphatic heterocycles. The van der Waals surface area contributed by atoms with E-state index in [0.29, 0.717) is 0 Å². The van der Waals surface area contributed by atoms with Crippen molar-refractivity contribution in [1.29, 1.82) is 0 Å². The molecule has 0 saturated heterocycles. The highest BCUT2D eigenvalue weighted by molar-refractivity contribution is 9.09. The van der Waals surface area contributed by atoms with Gasteiger partial charge < -0.3 is 4.74 Å². The van der Waals surface area contributed by atoms with E-state index in [1.807, 2.05) is 0 Å². The molecule has 0 aromatic carbocycles. The maximum Gasteiger partial charge on any atom is 0.114 e. The molecule has 0 saturated carbocycles. The quantitative estimate of drug-likeness (QED) is 0.288. The fourth-order valence-corrected chi connectivity index (χ4v) is 1.13. The van der Waals surface area contributed by atoms with E-state index in [2.05, 4.69) is 28.6 Å². The van der Waals surface area contributed by atoms with Gasteiger partial charge in [0.1, 0.15) is 5.76 Å². The molecule has 0 rings (SSSR count). The van der Waals surface area contributed by atoms with E-state index in [0.717, 1.165) is 17.5 Å². The number of alkyl halides is 1. The van der Waals surface area contributed by atoms with Gasteiger partial charge in [0.15, 0.2) is 0 Å². The summed E-state index contributed by atoms with van der Waals surface area (Å²) in [6.07, 6.45) is 7.28. The number of methoxy groups -OCH3 is 1. The summed E-state index contributed by atoms with van der Waals surface area (Å²) in [6, 6.07) is 0. The van der Waals surface area contributed by atoms with Crippen LogP contribution in [0.2, 0.25) is 0 Å². The van der Waals surface area contributed by atoms with Crippen molar-refractivity contribution in [2.24, 2.45) is 0 Å². The Labute approximate surface area is 77.3 Å². The lowest BCUT2D eigenvalue weighted by molar-refractivity contribution is 0.305. The van der Waals surface area contributed by atoms with Crippen LogP contribution in [0.3, 0.4) is 0 Å². The summed E-state index contributed by atoms with van der Waals surface area (Å²) >= 11 is 3.38. The van der Waals surface area contributed by atoms with Gasteiger partial charge in [-0.05, 0) is 31.4 Å². The van der Waals surface area contributed by atoms with Crippen molar-refractivity contribution in [2.45, 2.75) is 19.3 Å². The lowest BCUT2D eigenvalue weighted by atomic mass is 10.2. The van der Waals surface area contributed by atoms with Crippen molar-refractivity contribution < 1.29 is 4.74 Å². The second-order valence-electron chi connectivity index (χ2n) is 2.20. The fraction of sp³-hybridized carbons (Fsp3) is 0.556. The van der Waals surface area contributed by atoms with E-state index in [-0.39, 0.29) is 0 Å². The van der Waals surface area contributed by atoms with Crippen LogP contribution in [0.4, 0.5) is 0 Å². The van der Waals surface area contributed by atoms with Crippen molar-refractivity contribution in [3.8, 4) is 0 Å². The zero-order valence-electron chi connectivity index (χ0n) is 6.98. The Bertz CT molecular complexity index is 130. The molecule has 2 heteroatoms. The third-order valence-electron chi connectivity index (χ3n) is 1.37. The number of halogens is 1. The van der Waals surface area contributed by atoms with Crippen molar-refractivity contribution in [1.82, 2.24) is 0 Å². The van der Waals surface area contributed by atoms with Gasteiger partial charge in [0.25, 0.3) is 0 Å². The molecule has 0 fully saturated rings. The molecule has 0 spiro atoms. The molecule has 0 amide bonds. The van der Waals surface area contributed by atoms with Crippen LogP contribution >= 0.6 is 15.9 Å². The number of hydrogen-bond acceptors (Lipinski definition) is 1. The molecule has 0 radical (unpaired) electrons. The maximum absolute atomic E-state index is 5.01. The van der Waals surface area contributed by atoms with E-state index in [1.165, 1.54) is 12.8 Å². The lowest BCUT2D eigenvalue weighted by Crippen LogP contribution is -1.81. The highest BCUT2D eigenvalue weighted by Gasteiger charge is 1.87. The van der Waals surface area contributed by atoms with Gasteiger partial charge in [0.2, 0.25) is 0 Å². The standard InChI is InChI=1S/C9H15BrO/c1-3-9(11-2)7-5-4-6-8-10/h3,7H,1,4-6,8H2,2H3/b9-7+. The van der Waals surface area contributed by atoms with Gasteiger partial charge in [-0.25, -0.2) is 0 Å². The summed E-state index contributed by atoms with van der Waals surface area (Å²) in [7, 11) is 1.66. The van der Waals surface area contributed by atoms with E-state index in [4.69, 9.17) is 4.74 Å². The number of allylic oxidation sites excluding steroid dienone is 2. The van der Waals surface area contributed by atoms with Crippen LogP contribution in [0.1, 0.15) is 19.3 Å². The molecule has 0 aromatic heterocycles. The smallest absolute Gasteiger partial charge is 0.114 e. The monoisotopic (exact) mass is 218 g/mol. The van der Waals surface area contributed by atoms with E-state index in [1.54, 1.807) is 13.2 Å². The minimum atomic E-state index is 0.875. The van der Waals surface area contributed by atoms with Crippen LogP contribution in [0.5, 0.6) is 0 Å². The summed E-state index contributed by atoms with van der Waals surface area (Å²) in [5.74, 6) is 0.875. The third kappa shape index (κ3) is 6.17. The zero-order valence-corrected chi connectivity index (χ0v) is 8.56. The van der Waals surface area contributed by atoms with Gasteiger partial charge in [-0.2, -0.15) is 0 Å². The molecular weight excluding hydrogens is 204 g/mol. The normalized spacial score (nSPS) is 11.3. The van der Waals surface area contributed by atoms with Crippen LogP contribution in [0.15, 0.2) is 24.5 Å². The Balaban J connectivity index is 3.44. The number of hydrogen-bond donors (Lipinski definition) is 0. The first-order valence-corrected chi connectivity index (χ1v) is 4.89. The van der Waals surface area contributed by atoms with Crippen LogP contribution in [0, 0.1) is 0 Å². The Hall–Kier alpha value is -0.240. The predicted molar refractivity (Wildman–Crippen MR) is 52.9 cm³/mol. The second kappa shape index (κ2) is 7.86.